The number of esters is 2. The topological polar surface area (TPSA) is 113 Å². The molecule has 1 rings (SSSR count). The van der Waals surface area contributed by atoms with Crippen LogP contribution in [0.1, 0.15) is 26.5 Å². The highest BCUT2D eigenvalue weighted by Gasteiger charge is 2.21. The van der Waals surface area contributed by atoms with Gasteiger partial charge in [0.25, 0.3) is 0 Å². The molecule has 1 aromatic rings. The van der Waals surface area contributed by atoms with Crippen LogP contribution in [0.2, 0.25) is 0 Å². The van der Waals surface area contributed by atoms with Gasteiger partial charge in [0.05, 0.1) is 0 Å². The fourth-order valence-corrected chi connectivity index (χ4v) is 1.86. The molecule has 0 radical (unpaired) electrons. The highest BCUT2D eigenvalue weighted by Crippen LogP contribution is 2.13. The maximum Gasteiger partial charge on any atom is 0.363 e. The van der Waals surface area contributed by atoms with Gasteiger partial charge in [0.1, 0.15) is 17.9 Å². The normalized spacial score (nSPS) is 11.7. The second-order valence-electron chi connectivity index (χ2n) is 5.26. The molecule has 8 nitrogen and oxygen atoms in total. The van der Waals surface area contributed by atoms with Crippen molar-refractivity contribution in [1.29, 1.82) is 0 Å². The number of aromatic nitrogens is 1. The molecular weight excluding hydrogens is 322 g/mol. The number of hydrogen-bond donors (Lipinski definition) is 1. The SMILES string of the molecule is C=CCOC(=O)/C(=N/OCC(=O)OC(C)(C)C)c1csc(N)n1. The van der Waals surface area contributed by atoms with Gasteiger partial charge in [0.15, 0.2) is 5.13 Å². The lowest BCUT2D eigenvalue weighted by atomic mass is 10.2. The summed E-state index contributed by atoms with van der Waals surface area (Å²) in [5.74, 6) is -1.38. The minimum absolute atomic E-state index is 0.00351. The lowest BCUT2D eigenvalue weighted by Crippen LogP contribution is -2.26. The average molecular weight is 341 g/mol. The Morgan fingerprint density at radius 3 is 2.70 bits per heavy atom. The van der Waals surface area contributed by atoms with Crippen molar-refractivity contribution >= 4 is 34.1 Å². The quantitative estimate of drug-likeness (QED) is 0.346. The fourth-order valence-electron chi connectivity index (χ4n) is 1.31. The molecule has 0 atom stereocenters. The summed E-state index contributed by atoms with van der Waals surface area (Å²) in [6.45, 7) is 8.18. The molecule has 0 bridgehead atoms. The first kappa shape index (κ1) is 18.6. The Bertz CT molecular complexity index is 604. The van der Waals surface area contributed by atoms with E-state index in [4.69, 9.17) is 20.0 Å². The van der Waals surface area contributed by atoms with Crippen LogP contribution in [0.15, 0.2) is 23.2 Å². The summed E-state index contributed by atoms with van der Waals surface area (Å²) in [5, 5.41) is 5.41. The van der Waals surface area contributed by atoms with Gasteiger partial charge in [-0.3, -0.25) is 0 Å². The van der Waals surface area contributed by atoms with Crippen LogP contribution >= 0.6 is 11.3 Å². The average Bonchev–Trinajstić information content (AvgIpc) is 2.85. The molecule has 0 spiro atoms. The summed E-state index contributed by atoms with van der Waals surface area (Å²) in [6, 6.07) is 0. The van der Waals surface area contributed by atoms with Gasteiger partial charge in [-0.25, -0.2) is 14.6 Å². The van der Waals surface area contributed by atoms with Crippen molar-refractivity contribution in [1.82, 2.24) is 4.98 Å². The molecule has 0 amide bonds. The highest BCUT2D eigenvalue weighted by molar-refractivity contribution is 7.13. The first-order valence-electron chi connectivity index (χ1n) is 6.64. The van der Waals surface area contributed by atoms with E-state index in [9.17, 15) is 9.59 Å². The molecule has 2 N–H and O–H groups in total. The number of carbonyl (C=O) groups excluding carboxylic acids is 2. The molecule has 0 aliphatic carbocycles. The summed E-state index contributed by atoms with van der Waals surface area (Å²) < 4.78 is 9.95. The third-order valence-electron chi connectivity index (χ3n) is 2.05. The summed E-state index contributed by atoms with van der Waals surface area (Å²) in [6.07, 6.45) is 1.41. The lowest BCUT2D eigenvalue weighted by molar-refractivity contribution is -0.160. The van der Waals surface area contributed by atoms with E-state index in [0.29, 0.717) is 0 Å². The Kier molecular flexibility index (Phi) is 6.70. The second-order valence-corrected chi connectivity index (χ2v) is 6.15. The minimum Gasteiger partial charge on any atom is -0.457 e. The van der Waals surface area contributed by atoms with E-state index in [-0.39, 0.29) is 23.1 Å². The third kappa shape index (κ3) is 6.92. The van der Waals surface area contributed by atoms with Gasteiger partial charge >= 0.3 is 11.9 Å². The van der Waals surface area contributed by atoms with Crippen molar-refractivity contribution in [2.24, 2.45) is 5.16 Å². The van der Waals surface area contributed by atoms with Crippen LogP contribution in [-0.4, -0.2) is 41.4 Å². The van der Waals surface area contributed by atoms with E-state index in [1.54, 1.807) is 20.8 Å². The zero-order valence-electron chi connectivity index (χ0n) is 13.2. The van der Waals surface area contributed by atoms with Crippen LogP contribution in [0.3, 0.4) is 0 Å². The van der Waals surface area contributed by atoms with Gasteiger partial charge in [-0.2, -0.15) is 0 Å². The van der Waals surface area contributed by atoms with Crippen LogP contribution in [-0.2, 0) is 23.9 Å². The first-order chi connectivity index (χ1) is 10.7. The van der Waals surface area contributed by atoms with Crippen LogP contribution in [0.25, 0.3) is 0 Å². The number of carbonyl (C=O) groups is 2. The van der Waals surface area contributed by atoms with Crippen LogP contribution in [0.5, 0.6) is 0 Å². The Labute approximate surface area is 137 Å². The zero-order valence-corrected chi connectivity index (χ0v) is 14.0. The van der Waals surface area contributed by atoms with E-state index in [1.807, 2.05) is 0 Å². The number of ether oxygens (including phenoxy) is 2. The Hall–Kier alpha value is -2.42. The largest absolute Gasteiger partial charge is 0.457 e. The number of rotatable bonds is 7. The molecule has 0 saturated carbocycles. The number of thiazole rings is 1. The number of hydrogen-bond acceptors (Lipinski definition) is 9. The Morgan fingerprint density at radius 1 is 1.48 bits per heavy atom. The Balaban J connectivity index is 2.77. The highest BCUT2D eigenvalue weighted by atomic mass is 32.1. The smallest absolute Gasteiger partial charge is 0.363 e. The van der Waals surface area contributed by atoms with E-state index in [1.165, 1.54) is 11.5 Å². The summed E-state index contributed by atoms with van der Waals surface area (Å²) in [7, 11) is 0. The molecule has 0 saturated heterocycles. The van der Waals surface area contributed by atoms with Gasteiger partial charge in [0, 0.05) is 5.38 Å². The Morgan fingerprint density at radius 2 is 2.17 bits per heavy atom. The van der Waals surface area contributed by atoms with Crippen molar-refractivity contribution < 1.29 is 23.9 Å². The van der Waals surface area contributed by atoms with Gasteiger partial charge in [-0.1, -0.05) is 17.8 Å². The molecule has 1 aromatic heterocycles. The van der Waals surface area contributed by atoms with Crippen molar-refractivity contribution in [3.8, 4) is 0 Å². The van der Waals surface area contributed by atoms with Crippen LogP contribution in [0.4, 0.5) is 5.13 Å². The lowest BCUT2D eigenvalue weighted by Gasteiger charge is -2.18. The van der Waals surface area contributed by atoms with Crippen molar-refractivity contribution in [2.75, 3.05) is 18.9 Å². The monoisotopic (exact) mass is 341 g/mol. The van der Waals surface area contributed by atoms with Crippen molar-refractivity contribution in [2.45, 2.75) is 26.4 Å². The second kappa shape index (κ2) is 8.28. The standard InChI is InChI=1S/C14H19N3O5S/c1-5-6-20-12(19)11(9-8-23-13(15)16-9)17-21-7-10(18)22-14(2,3)4/h5,8H,1,6-7H2,2-4H3,(H2,15,16)/b17-11+. The molecule has 0 unspecified atom stereocenters. The fraction of sp³-hybridized carbons (Fsp3) is 0.429. The molecule has 126 valence electrons. The molecule has 1 heterocycles. The predicted molar refractivity (Wildman–Crippen MR) is 86.0 cm³/mol. The number of nitrogen functional groups attached to an aromatic ring is 1. The van der Waals surface area contributed by atoms with Crippen LogP contribution < -0.4 is 5.73 Å². The number of nitrogens with zero attached hydrogens (tertiary/aromatic N) is 2. The number of nitrogens with two attached hydrogens (primary N) is 1. The predicted octanol–water partition coefficient (Wildman–Crippen LogP) is 1.52. The van der Waals surface area contributed by atoms with Gasteiger partial charge in [-0.15, -0.1) is 11.3 Å². The molecule has 0 aromatic carbocycles. The molecule has 23 heavy (non-hydrogen) atoms. The molecular formula is C14H19N3O5S. The van der Waals surface area contributed by atoms with E-state index >= 15 is 0 Å². The van der Waals surface area contributed by atoms with E-state index in [0.717, 1.165) is 11.3 Å². The van der Waals surface area contributed by atoms with Gasteiger partial charge in [0.2, 0.25) is 12.3 Å². The third-order valence-corrected chi connectivity index (χ3v) is 2.72. The summed E-state index contributed by atoms with van der Waals surface area (Å²) in [5.41, 5.74) is 4.90. The zero-order chi connectivity index (χ0) is 17.5. The minimum atomic E-state index is -0.764. The first-order valence-corrected chi connectivity index (χ1v) is 7.52. The van der Waals surface area contributed by atoms with Crippen LogP contribution in [0, 0.1) is 0 Å². The van der Waals surface area contributed by atoms with Gasteiger partial charge < -0.3 is 20.0 Å². The maximum atomic E-state index is 11.9. The van der Waals surface area contributed by atoms with Crippen molar-refractivity contribution in [3.05, 3.63) is 23.7 Å². The molecule has 0 aliphatic rings. The summed E-state index contributed by atoms with van der Waals surface area (Å²) in [4.78, 5) is 32.3. The molecule has 9 heteroatoms. The molecule has 0 fully saturated rings. The number of oxime groups is 1. The maximum absolute atomic E-state index is 11.9. The van der Waals surface area contributed by atoms with Gasteiger partial charge in [-0.05, 0) is 20.8 Å². The van der Waals surface area contributed by atoms with E-state index in [2.05, 4.69) is 16.7 Å². The summed E-state index contributed by atoms with van der Waals surface area (Å²) >= 11 is 1.13. The number of anilines is 1. The van der Waals surface area contributed by atoms with Crippen molar-refractivity contribution in [3.63, 3.8) is 0 Å². The van der Waals surface area contributed by atoms with E-state index < -0.39 is 24.1 Å². The molecule has 0 aliphatic heterocycles.